The number of rotatable bonds is 17. The quantitative estimate of drug-likeness (QED) is 0.0393. The van der Waals surface area contributed by atoms with Crippen molar-refractivity contribution in [3.05, 3.63) is 360 Å². The van der Waals surface area contributed by atoms with E-state index >= 15 is 0 Å². The third-order valence-corrected chi connectivity index (χ3v) is 20.5. The first-order chi connectivity index (χ1) is 63.4. The smallest absolute Gasteiger partial charge is 0.433 e. The summed E-state index contributed by atoms with van der Waals surface area (Å²) in [5.74, 6) is 1.90. The van der Waals surface area contributed by atoms with Gasteiger partial charge in [-0.1, -0.05) is 94.4 Å². The summed E-state index contributed by atoms with van der Waals surface area (Å²) in [4.78, 5) is 79.1. The Morgan fingerprint density at radius 2 is 0.806 bits per heavy atom. The van der Waals surface area contributed by atoms with Gasteiger partial charge in [-0.3, -0.25) is 30.2 Å². The van der Waals surface area contributed by atoms with Crippen LogP contribution in [0.3, 0.4) is 0 Å². The van der Waals surface area contributed by atoms with Crippen molar-refractivity contribution < 1.29 is 63.6 Å². The number of nitrogens with zero attached hydrogens (tertiary/aromatic N) is 13. The van der Waals surface area contributed by atoms with Crippen LogP contribution < -0.4 is 20.5 Å². The van der Waals surface area contributed by atoms with E-state index in [1.54, 1.807) is 102 Å². The molecule has 0 fully saturated rings. The molecule has 1 amide bonds. The lowest BCUT2D eigenvalue weighted by Gasteiger charge is -2.19. The molecule has 0 aliphatic carbocycles. The van der Waals surface area contributed by atoms with Crippen molar-refractivity contribution in [3.8, 4) is 11.5 Å². The van der Waals surface area contributed by atoms with Gasteiger partial charge in [-0.2, -0.15) is 39.5 Å². The van der Waals surface area contributed by atoms with Gasteiger partial charge in [0.25, 0.3) is 0 Å². The molecule has 18 aromatic rings. The van der Waals surface area contributed by atoms with Crippen LogP contribution in [-0.2, 0) is 68.2 Å². The normalized spacial score (nSPS) is 11.5. The molecular formula is C94H83Cl6F9N20O5. The maximum Gasteiger partial charge on any atom is 0.433 e. The van der Waals surface area contributed by atoms with E-state index in [0.29, 0.717) is 92.4 Å². The van der Waals surface area contributed by atoms with Crippen molar-refractivity contribution >= 4 is 143 Å². The summed E-state index contributed by atoms with van der Waals surface area (Å²) < 4.78 is 126. The number of halogens is 15. The Hall–Kier alpha value is -13.6. The fraction of sp³-hybridized carbons (Fsp3) is 0.191. The van der Waals surface area contributed by atoms with Crippen LogP contribution in [0.25, 0.3) is 55.2 Å². The number of aliphatic hydroxyl groups excluding tert-OH is 1. The van der Waals surface area contributed by atoms with Crippen molar-refractivity contribution in [1.82, 2.24) is 89.7 Å². The van der Waals surface area contributed by atoms with Gasteiger partial charge in [0.15, 0.2) is 0 Å². The number of alkyl halides is 9. The molecule has 694 valence electrons. The average Bonchev–Trinajstić information content (AvgIpc) is 1.67. The molecule has 1 unspecified atom stereocenters. The minimum atomic E-state index is -4.41. The van der Waals surface area contributed by atoms with Crippen LogP contribution in [0.5, 0.6) is 11.5 Å². The highest BCUT2D eigenvalue weighted by Gasteiger charge is 2.34. The molecule has 18 aromatic heterocycles. The van der Waals surface area contributed by atoms with Gasteiger partial charge in [0, 0.05) is 174 Å². The van der Waals surface area contributed by atoms with E-state index in [9.17, 15) is 49.4 Å². The van der Waals surface area contributed by atoms with Crippen LogP contribution >= 0.6 is 70.4 Å². The van der Waals surface area contributed by atoms with Crippen LogP contribution in [-0.4, -0.2) is 121 Å². The van der Waals surface area contributed by atoms with Gasteiger partial charge in [-0.05, 0) is 195 Å². The first kappa shape index (κ1) is 101. The van der Waals surface area contributed by atoms with Crippen molar-refractivity contribution in [3.63, 3.8) is 0 Å². The van der Waals surface area contributed by atoms with Crippen LogP contribution in [0.1, 0.15) is 117 Å². The summed E-state index contributed by atoms with van der Waals surface area (Å²) in [6, 6.07) is 37.1. The number of anilines is 2. The zero-order valence-corrected chi connectivity index (χ0v) is 76.4. The van der Waals surface area contributed by atoms with Gasteiger partial charge < -0.3 is 50.0 Å². The zero-order valence-electron chi connectivity index (χ0n) is 71.8. The molecule has 0 aromatic carbocycles. The van der Waals surface area contributed by atoms with Gasteiger partial charge in [0.05, 0.1) is 51.7 Å². The Balaban J connectivity index is 0.000000154. The average molecular weight is 1960 g/mol. The topological polar surface area (TPSA) is 350 Å². The summed E-state index contributed by atoms with van der Waals surface area (Å²) in [6.45, 7) is 7.31. The maximum absolute atomic E-state index is 12.6. The number of ether oxygens (including phenoxy) is 3. The van der Waals surface area contributed by atoms with E-state index in [0.717, 1.165) is 153 Å². The molecule has 0 saturated carbocycles. The Morgan fingerprint density at radius 3 is 1.19 bits per heavy atom. The van der Waals surface area contributed by atoms with E-state index in [4.69, 9.17) is 73.2 Å². The zero-order chi connectivity index (χ0) is 95.2. The van der Waals surface area contributed by atoms with Gasteiger partial charge in [-0.25, -0.2) is 44.7 Å². The van der Waals surface area contributed by atoms with E-state index in [1.807, 2.05) is 117 Å². The molecule has 0 bridgehead atoms. The standard InChI is InChI=1S/2C21H16ClF3N4.C14H12ClN3O.C13H11ClN4.C11H16N2O3.C7H5ClN2.C7H6F3NO.ClH/c2*22-16-8-18-15(11-28-20(18)29-12-16)7-14-2-5-17(26-10-14)4-1-13-3-6-19(27-9-13)21(23,24)25;1-8-2-3-9(5-16-8)13(19)12-7-18-14-11(12)4-10(15)6-17-14;14-10-4-11-9(6-17-13(11)18-7-10)3-8-1-2-12(15)16-5-8;1-11(2,3)16-10(14)13-9-6-5-8(15-4)7-12-9;8-6-3-5-1-2-9-7(5)10-4-6;1-12-5-2-3-6(11-4-5)7(8,9)10;/h2*2-3,5-6,8-12H,1,4,7H2,(H,28,29);2-7,13,19H,1H3,(H,17,18);1-2,4-7H,3H2,(H2,15,16)(H,17,18);5-7H,1-4H3,(H,12,13,14);1-4H,(H,9,10);2-4H,1H3;1H. The van der Waals surface area contributed by atoms with Crippen LogP contribution in [0.2, 0.25) is 25.1 Å². The highest BCUT2D eigenvalue weighted by molar-refractivity contribution is 6.32. The number of carbonyl (C=O) groups is 1. The first-order valence-corrected chi connectivity index (χ1v) is 42.2. The predicted octanol–water partition coefficient (Wildman–Crippen LogP) is 23.8. The largest absolute Gasteiger partial charge is 0.495 e. The SMILES string of the molecule is COc1ccc(C(F)(F)F)nc1.COc1ccc(NC(=O)OC(C)(C)C)nc1.Cc1ccc(C(O)c2c[nH]c3ncc(Cl)cc23)cn1.Cl.Clc1cnc2[nH]ccc2c1.FC(F)(F)c1ccc(CCc2ccc(Cc3c[nH]c4ncc(Cl)cc34)cn2)cn1.FC(F)(F)c1ccc(CCc2ccc(Cc3c[nH]c4ncc(Cl)cc34)cn2)cn1.Nc1ccc(Cc2c[nH]c3ncc(Cl)cc23)cn1. The second-order valence-electron chi connectivity index (χ2n) is 30.4. The molecule has 0 aliphatic heterocycles. The van der Waals surface area contributed by atoms with E-state index in [-0.39, 0.29) is 12.4 Å². The molecule has 1 atom stereocenters. The monoisotopic (exact) mass is 1950 g/mol. The van der Waals surface area contributed by atoms with Gasteiger partial charge in [-0.15, -0.1) is 12.4 Å². The van der Waals surface area contributed by atoms with Crippen molar-refractivity contribution in [2.45, 2.75) is 103 Å². The van der Waals surface area contributed by atoms with E-state index in [1.165, 1.54) is 43.9 Å². The Labute approximate surface area is 791 Å². The number of fused-ring (bicyclic) bond motifs is 5. The molecule has 134 heavy (non-hydrogen) atoms. The van der Waals surface area contributed by atoms with E-state index < -0.39 is 53.4 Å². The number of hydrogen-bond acceptors (Lipinski definition) is 19. The molecular weight excluding hydrogens is 1870 g/mol. The number of aryl methyl sites for hydroxylation is 5. The number of nitrogens with two attached hydrogens (primary N) is 1. The highest BCUT2D eigenvalue weighted by atomic mass is 35.5. The number of carbonyl (C=O) groups excluding carboxylic acids is 1. The lowest BCUT2D eigenvalue weighted by molar-refractivity contribution is -0.142. The highest BCUT2D eigenvalue weighted by Crippen LogP contribution is 2.34. The van der Waals surface area contributed by atoms with Crippen molar-refractivity contribution in [2.75, 3.05) is 25.3 Å². The molecule has 40 heteroatoms. The Morgan fingerprint density at radius 1 is 0.410 bits per heavy atom. The number of nitrogens with one attached hydrogen (secondary N) is 6. The van der Waals surface area contributed by atoms with Crippen molar-refractivity contribution in [1.29, 1.82) is 0 Å². The van der Waals surface area contributed by atoms with Crippen LogP contribution in [0.15, 0.2) is 245 Å². The summed E-state index contributed by atoms with van der Waals surface area (Å²) in [7, 11) is 2.92. The second kappa shape index (κ2) is 46.2. The number of H-pyrrole nitrogens is 5. The first-order valence-electron chi connectivity index (χ1n) is 40.3. The molecule has 18 heterocycles. The van der Waals surface area contributed by atoms with Gasteiger partial charge >= 0.3 is 24.6 Å². The third kappa shape index (κ3) is 29.7. The number of nitrogen functional groups attached to an aromatic ring is 1. The molecule has 0 aliphatic rings. The summed E-state index contributed by atoms with van der Waals surface area (Å²) >= 11 is 29.7. The van der Waals surface area contributed by atoms with Crippen LogP contribution in [0.4, 0.5) is 55.9 Å². The fourth-order valence-corrected chi connectivity index (χ4v) is 13.6. The van der Waals surface area contributed by atoms with E-state index in [2.05, 4.69) is 99.8 Å². The minimum absolute atomic E-state index is 0. The summed E-state index contributed by atoms with van der Waals surface area (Å²) in [5, 5.41) is 20.9. The summed E-state index contributed by atoms with van der Waals surface area (Å²) in [6.07, 6.45) is 19.7. The van der Waals surface area contributed by atoms with Crippen molar-refractivity contribution in [2.24, 2.45) is 0 Å². The predicted molar refractivity (Wildman–Crippen MR) is 501 cm³/mol. The molecule has 9 N–H and O–H groups in total. The molecule has 18 rings (SSSR count). The maximum atomic E-state index is 12.6. The summed E-state index contributed by atoms with van der Waals surface area (Å²) in [5.41, 5.74) is 18.5. The molecule has 25 nitrogen and oxygen atoms in total. The number of hydrogen-bond donors (Lipinski definition) is 8. The van der Waals surface area contributed by atoms with Gasteiger partial charge in [0.1, 0.15) is 80.2 Å². The molecule has 0 radical (unpaired) electrons. The number of aromatic amines is 5. The number of pyridine rings is 13. The lowest BCUT2D eigenvalue weighted by atomic mass is 10.0. The third-order valence-electron chi connectivity index (χ3n) is 19.4. The van der Waals surface area contributed by atoms with Gasteiger partial charge in [0.2, 0.25) is 0 Å². The number of methoxy groups -OCH3 is 2. The number of aromatic nitrogens is 18. The lowest BCUT2D eigenvalue weighted by Crippen LogP contribution is -2.27. The second-order valence-corrected chi connectivity index (χ2v) is 32.6. The minimum Gasteiger partial charge on any atom is -0.495 e. The molecule has 0 saturated heterocycles. The Bertz CT molecular complexity index is 6650. The number of amides is 1. The fourth-order valence-electron chi connectivity index (χ4n) is 12.8. The number of aliphatic hydroxyl groups is 1. The Kier molecular flexibility index (Phi) is 34.8. The van der Waals surface area contributed by atoms with Crippen LogP contribution in [0, 0.1) is 6.92 Å². The molecule has 0 spiro atoms.